The van der Waals surface area contributed by atoms with Crippen molar-refractivity contribution in [3.63, 3.8) is 0 Å². The van der Waals surface area contributed by atoms with E-state index in [2.05, 4.69) is 15.9 Å². The Hall–Kier alpha value is -2.85. The molecular formula is C24H20BrNO2. The normalized spacial score (nSPS) is 16.7. The second-order valence-corrected chi connectivity index (χ2v) is 7.83. The van der Waals surface area contributed by atoms with Gasteiger partial charge in [-0.25, -0.2) is 0 Å². The first-order valence-corrected chi connectivity index (χ1v) is 9.95. The number of nitrogens with zero attached hydrogens (tertiary/aromatic N) is 1. The molecule has 4 rings (SSSR count). The summed E-state index contributed by atoms with van der Waals surface area (Å²) < 4.78 is 0.907. The van der Waals surface area contributed by atoms with E-state index in [1.165, 1.54) is 5.56 Å². The predicted molar refractivity (Wildman–Crippen MR) is 115 cm³/mol. The first kappa shape index (κ1) is 18.5. The smallest absolute Gasteiger partial charge is 0.290 e. The average Bonchev–Trinajstić information content (AvgIpc) is 2.95. The lowest BCUT2D eigenvalue weighted by atomic mass is 9.93. The zero-order chi connectivity index (χ0) is 19.7. The van der Waals surface area contributed by atoms with Gasteiger partial charge >= 0.3 is 0 Å². The molecule has 1 amide bonds. The Morgan fingerprint density at radius 2 is 1.57 bits per heavy atom. The van der Waals surface area contributed by atoms with Crippen molar-refractivity contribution in [1.82, 2.24) is 4.90 Å². The van der Waals surface area contributed by atoms with Gasteiger partial charge in [-0.15, -0.1) is 0 Å². The molecule has 1 N–H and O–H groups in total. The third kappa shape index (κ3) is 3.36. The van der Waals surface area contributed by atoms with Crippen molar-refractivity contribution in [1.29, 1.82) is 0 Å². The highest BCUT2D eigenvalue weighted by atomic mass is 79.9. The Bertz CT molecular complexity index is 1040. The highest BCUT2D eigenvalue weighted by Crippen LogP contribution is 2.45. The molecule has 0 radical (unpaired) electrons. The Labute approximate surface area is 173 Å². The van der Waals surface area contributed by atoms with Gasteiger partial charge in [0.15, 0.2) is 5.76 Å². The number of carbonyl (C=O) groups is 1. The van der Waals surface area contributed by atoms with E-state index < -0.39 is 0 Å². The SMILES string of the molecule is Cc1ccc(CN2C(=O)C(O)=C(c3ccccc3)C2c2ccccc2Br)cc1. The number of rotatable bonds is 4. The third-order valence-electron chi connectivity index (χ3n) is 5.06. The van der Waals surface area contributed by atoms with Crippen molar-refractivity contribution < 1.29 is 9.90 Å². The molecule has 0 aromatic heterocycles. The summed E-state index contributed by atoms with van der Waals surface area (Å²) in [6.07, 6.45) is 0. The maximum atomic E-state index is 13.1. The molecule has 1 aliphatic rings. The maximum absolute atomic E-state index is 13.1. The number of benzene rings is 3. The largest absolute Gasteiger partial charge is 0.503 e. The molecule has 1 heterocycles. The van der Waals surface area contributed by atoms with Gasteiger partial charge < -0.3 is 10.0 Å². The minimum absolute atomic E-state index is 0.181. The highest BCUT2D eigenvalue weighted by molar-refractivity contribution is 9.10. The second-order valence-electron chi connectivity index (χ2n) is 6.97. The zero-order valence-electron chi connectivity index (χ0n) is 15.5. The van der Waals surface area contributed by atoms with Gasteiger partial charge in [-0.3, -0.25) is 4.79 Å². The Balaban J connectivity index is 1.83. The Morgan fingerprint density at radius 1 is 0.929 bits per heavy atom. The van der Waals surface area contributed by atoms with E-state index in [0.717, 1.165) is 21.2 Å². The van der Waals surface area contributed by atoms with Crippen LogP contribution < -0.4 is 0 Å². The number of hydrogen-bond acceptors (Lipinski definition) is 2. The number of aliphatic hydroxyl groups excluding tert-OH is 1. The lowest BCUT2D eigenvalue weighted by Crippen LogP contribution is -2.30. The standard InChI is InChI=1S/C24H20BrNO2/c1-16-11-13-17(14-12-16)15-26-22(19-9-5-6-10-20(19)25)21(23(27)24(26)28)18-7-3-2-4-8-18/h2-14,22,27H,15H2,1H3. The van der Waals surface area contributed by atoms with E-state index in [1.54, 1.807) is 4.90 Å². The highest BCUT2D eigenvalue weighted by Gasteiger charge is 2.41. The molecule has 1 unspecified atom stereocenters. The molecule has 0 saturated heterocycles. The van der Waals surface area contributed by atoms with Crippen molar-refractivity contribution in [2.75, 3.05) is 0 Å². The minimum atomic E-state index is -0.369. The summed E-state index contributed by atoms with van der Waals surface area (Å²) in [5.41, 5.74) is 4.64. The molecule has 0 fully saturated rings. The van der Waals surface area contributed by atoms with Crippen LogP contribution in [0, 0.1) is 6.92 Å². The van der Waals surface area contributed by atoms with Gasteiger partial charge in [0.25, 0.3) is 5.91 Å². The first-order chi connectivity index (χ1) is 13.6. The lowest BCUT2D eigenvalue weighted by Gasteiger charge is -2.28. The molecule has 140 valence electrons. The first-order valence-electron chi connectivity index (χ1n) is 9.16. The lowest BCUT2D eigenvalue weighted by molar-refractivity contribution is -0.130. The van der Waals surface area contributed by atoms with Gasteiger partial charge in [-0.1, -0.05) is 94.3 Å². The predicted octanol–water partition coefficient (Wildman–Crippen LogP) is 5.81. The monoisotopic (exact) mass is 433 g/mol. The minimum Gasteiger partial charge on any atom is -0.503 e. The number of aryl methyl sites for hydroxylation is 1. The van der Waals surface area contributed by atoms with Crippen molar-refractivity contribution >= 4 is 27.4 Å². The van der Waals surface area contributed by atoms with E-state index in [4.69, 9.17) is 0 Å². The summed E-state index contributed by atoms with van der Waals surface area (Å²) >= 11 is 3.63. The molecule has 3 nitrogen and oxygen atoms in total. The van der Waals surface area contributed by atoms with Crippen LogP contribution in [0.5, 0.6) is 0 Å². The van der Waals surface area contributed by atoms with Crippen molar-refractivity contribution in [2.45, 2.75) is 19.5 Å². The van der Waals surface area contributed by atoms with Crippen LogP contribution in [0.25, 0.3) is 5.57 Å². The molecule has 28 heavy (non-hydrogen) atoms. The van der Waals surface area contributed by atoms with Gasteiger partial charge in [-0.05, 0) is 29.7 Å². The number of aliphatic hydroxyl groups is 1. The molecule has 1 atom stereocenters. The van der Waals surface area contributed by atoms with Crippen LogP contribution in [-0.2, 0) is 11.3 Å². The molecule has 0 aliphatic carbocycles. The molecule has 0 saturated carbocycles. The third-order valence-corrected chi connectivity index (χ3v) is 5.78. The Kier molecular flexibility index (Phi) is 5.05. The van der Waals surface area contributed by atoms with E-state index >= 15 is 0 Å². The number of carbonyl (C=O) groups excluding carboxylic acids is 1. The van der Waals surface area contributed by atoms with Crippen LogP contribution in [-0.4, -0.2) is 15.9 Å². The summed E-state index contributed by atoms with van der Waals surface area (Å²) in [5.74, 6) is -0.528. The fraction of sp³-hybridized carbons (Fsp3) is 0.125. The van der Waals surface area contributed by atoms with E-state index in [-0.39, 0.29) is 17.7 Å². The summed E-state index contributed by atoms with van der Waals surface area (Å²) in [6.45, 7) is 2.46. The molecule has 0 spiro atoms. The van der Waals surface area contributed by atoms with Crippen LogP contribution in [0.15, 0.2) is 89.1 Å². The van der Waals surface area contributed by atoms with Crippen LogP contribution in [0.4, 0.5) is 0 Å². The number of amides is 1. The number of hydrogen-bond donors (Lipinski definition) is 1. The van der Waals surface area contributed by atoms with Gasteiger partial charge in [0.05, 0.1) is 6.04 Å². The molecular weight excluding hydrogens is 414 g/mol. The zero-order valence-corrected chi connectivity index (χ0v) is 17.1. The fourth-order valence-electron chi connectivity index (χ4n) is 3.64. The van der Waals surface area contributed by atoms with Crippen LogP contribution >= 0.6 is 15.9 Å². The quantitative estimate of drug-likeness (QED) is 0.563. The summed E-state index contributed by atoms with van der Waals surface area (Å²) in [4.78, 5) is 14.8. The summed E-state index contributed by atoms with van der Waals surface area (Å²) in [6, 6.07) is 25.2. The molecule has 0 bridgehead atoms. The Morgan fingerprint density at radius 3 is 2.25 bits per heavy atom. The summed E-state index contributed by atoms with van der Waals surface area (Å²) in [5, 5.41) is 10.8. The van der Waals surface area contributed by atoms with Crippen molar-refractivity contribution in [2.24, 2.45) is 0 Å². The van der Waals surface area contributed by atoms with Crippen molar-refractivity contribution in [3.05, 3.63) is 111 Å². The topological polar surface area (TPSA) is 40.5 Å². The van der Waals surface area contributed by atoms with E-state index in [9.17, 15) is 9.90 Å². The van der Waals surface area contributed by atoms with Gasteiger partial charge in [0, 0.05) is 16.6 Å². The second kappa shape index (κ2) is 7.64. The summed E-state index contributed by atoms with van der Waals surface area (Å²) in [7, 11) is 0. The van der Waals surface area contributed by atoms with E-state index in [0.29, 0.717) is 12.1 Å². The van der Waals surface area contributed by atoms with Gasteiger partial charge in [0.1, 0.15) is 0 Å². The van der Waals surface area contributed by atoms with E-state index in [1.807, 2.05) is 85.8 Å². The maximum Gasteiger partial charge on any atom is 0.290 e. The van der Waals surface area contributed by atoms with Crippen LogP contribution in [0.3, 0.4) is 0 Å². The molecule has 3 aromatic rings. The van der Waals surface area contributed by atoms with Gasteiger partial charge in [-0.2, -0.15) is 0 Å². The molecule has 1 aliphatic heterocycles. The van der Waals surface area contributed by atoms with Gasteiger partial charge in [0.2, 0.25) is 0 Å². The van der Waals surface area contributed by atoms with Crippen LogP contribution in [0.2, 0.25) is 0 Å². The molecule has 3 aromatic carbocycles. The van der Waals surface area contributed by atoms with Crippen LogP contribution in [0.1, 0.15) is 28.3 Å². The molecule has 4 heteroatoms. The average molecular weight is 434 g/mol. The van der Waals surface area contributed by atoms with Crippen molar-refractivity contribution in [3.8, 4) is 0 Å². The fourth-order valence-corrected chi connectivity index (χ4v) is 4.14. The number of halogens is 1.